The first-order valence-corrected chi connectivity index (χ1v) is 6.82. The molecule has 1 heterocycles. The molecule has 1 aromatic rings. The van der Waals surface area contributed by atoms with Gasteiger partial charge in [0.2, 0.25) is 0 Å². The third-order valence-electron chi connectivity index (χ3n) is 3.43. The zero-order chi connectivity index (χ0) is 15.6. The quantitative estimate of drug-likeness (QED) is 0.598. The zero-order valence-electron chi connectivity index (χ0n) is 11.8. The molecule has 0 bridgehead atoms. The first-order chi connectivity index (χ1) is 9.79. The van der Waals surface area contributed by atoms with E-state index >= 15 is 0 Å². The smallest absolute Gasteiger partial charge is 0.314 e. The SMILES string of the molecule is Cl.Cl.Fc1ccc(F)c([C@@H](CC(F)(F)F)N2CCNCC2)c1Cl. The molecule has 0 unspecified atom stereocenters. The van der Waals surface area contributed by atoms with Gasteiger partial charge in [0.25, 0.3) is 0 Å². The zero-order valence-corrected chi connectivity index (χ0v) is 14.2. The molecule has 0 spiro atoms. The topological polar surface area (TPSA) is 15.3 Å². The van der Waals surface area contributed by atoms with Gasteiger partial charge in [-0.15, -0.1) is 24.8 Å². The van der Waals surface area contributed by atoms with Crippen LogP contribution >= 0.6 is 36.4 Å². The molecule has 0 aromatic heterocycles. The van der Waals surface area contributed by atoms with Crippen molar-refractivity contribution in [2.24, 2.45) is 0 Å². The normalized spacial score (nSPS) is 17.1. The second-order valence-electron chi connectivity index (χ2n) is 4.88. The molecule has 1 fully saturated rings. The Morgan fingerprint density at radius 2 is 1.61 bits per heavy atom. The summed E-state index contributed by atoms with van der Waals surface area (Å²) in [5.74, 6) is -1.84. The summed E-state index contributed by atoms with van der Waals surface area (Å²) in [5.41, 5.74) is -0.420. The second kappa shape index (κ2) is 9.22. The third kappa shape index (κ3) is 5.90. The predicted octanol–water partition coefficient (Wildman–Crippen LogP) is 4.36. The largest absolute Gasteiger partial charge is 0.390 e. The molecule has 1 aliphatic heterocycles. The molecule has 2 rings (SSSR count). The van der Waals surface area contributed by atoms with Gasteiger partial charge < -0.3 is 5.32 Å². The summed E-state index contributed by atoms with van der Waals surface area (Å²) >= 11 is 5.72. The number of hydrogen-bond donors (Lipinski definition) is 1. The van der Waals surface area contributed by atoms with Crippen LogP contribution in [0.4, 0.5) is 22.0 Å². The number of alkyl halides is 3. The van der Waals surface area contributed by atoms with Crippen LogP contribution in [0.1, 0.15) is 18.0 Å². The Hall–Kier alpha value is -0.340. The average Bonchev–Trinajstić information content (AvgIpc) is 2.42. The summed E-state index contributed by atoms with van der Waals surface area (Å²) in [5, 5.41) is 2.42. The van der Waals surface area contributed by atoms with Crippen molar-refractivity contribution in [1.29, 1.82) is 0 Å². The molecule has 1 N–H and O–H groups in total. The fourth-order valence-corrected chi connectivity index (χ4v) is 2.75. The van der Waals surface area contributed by atoms with E-state index in [0.717, 1.165) is 12.1 Å². The summed E-state index contributed by atoms with van der Waals surface area (Å²) in [4.78, 5) is 1.48. The van der Waals surface area contributed by atoms with Crippen LogP contribution in [0.3, 0.4) is 0 Å². The first kappa shape index (κ1) is 22.7. The Bertz CT molecular complexity index is 507. The number of nitrogens with zero attached hydrogens (tertiary/aromatic N) is 1. The van der Waals surface area contributed by atoms with Crippen LogP contribution in [0.2, 0.25) is 5.02 Å². The summed E-state index contributed by atoms with van der Waals surface area (Å²) in [6.45, 7) is 1.60. The van der Waals surface area contributed by atoms with Crippen LogP contribution in [0.15, 0.2) is 12.1 Å². The minimum absolute atomic E-state index is 0. The van der Waals surface area contributed by atoms with Gasteiger partial charge in [0, 0.05) is 37.8 Å². The Morgan fingerprint density at radius 3 is 2.13 bits per heavy atom. The number of hydrogen-bond acceptors (Lipinski definition) is 2. The molecule has 0 saturated carbocycles. The molecular formula is C13H16Cl3F5N2. The van der Waals surface area contributed by atoms with Crippen molar-refractivity contribution in [3.63, 3.8) is 0 Å². The van der Waals surface area contributed by atoms with Crippen LogP contribution < -0.4 is 5.32 Å². The van der Waals surface area contributed by atoms with Gasteiger partial charge in [-0.25, -0.2) is 8.78 Å². The van der Waals surface area contributed by atoms with E-state index in [2.05, 4.69) is 5.32 Å². The lowest BCUT2D eigenvalue weighted by Gasteiger charge is -2.36. The van der Waals surface area contributed by atoms with Crippen molar-refractivity contribution in [1.82, 2.24) is 10.2 Å². The molecule has 1 aromatic carbocycles. The van der Waals surface area contributed by atoms with Crippen LogP contribution in [0.5, 0.6) is 0 Å². The van der Waals surface area contributed by atoms with E-state index in [-0.39, 0.29) is 24.8 Å². The Kier molecular flexibility index (Phi) is 9.09. The van der Waals surface area contributed by atoms with Crippen LogP contribution in [-0.4, -0.2) is 37.3 Å². The van der Waals surface area contributed by atoms with Gasteiger partial charge in [0.15, 0.2) is 0 Å². The Labute approximate surface area is 148 Å². The van der Waals surface area contributed by atoms with Crippen LogP contribution in [-0.2, 0) is 0 Å². The van der Waals surface area contributed by atoms with Crippen molar-refractivity contribution in [3.05, 3.63) is 34.4 Å². The molecule has 0 amide bonds. The van der Waals surface area contributed by atoms with Crippen molar-refractivity contribution >= 4 is 36.4 Å². The highest BCUT2D eigenvalue weighted by atomic mass is 35.5. The van der Waals surface area contributed by atoms with Crippen molar-refractivity contribution in [2.45, 2.75) is 18.6 Å². The van der Waals surface area contributed by atoms with Crippen LogP contribution in [0, 0.1) is 11.6 Å². The lowest BCUT2D eigenvalue weighted by molar-refractivity contribution is -0.149. The predicted molar refractivity (Wildman–Crippen MR) is 83.7 cm³/mol. The summed E-state index contributed by atoms with van der Waals surface area (Å²) in [7, 11) is 0. The van der Waals surface area contributed by atoms with E-state index in [0.29, 0.717) is 26.2 Å². The van der Waals surface area contributed by atoms with Gasteiger partial charge in [-0.3, -0.25) is 4.90 Å². The maximum Gasteiger partial charge on any atom is 0.390 e. The minimum atomic E-state index is -4.50. The monoisotopic (exact) mass is 400 g/mol. The molecule has 1 saturated heterocycles. The van der Waals surface area contributed by atoms with Gasteiger partial charge >= 0.3 is 6.18 Å². The number of piperazine rings is 1. The third-order valence-corrected chi connectivity index (χ3v) is 3.81. The highest BCUT2D eigenvalue weighted by Gasteiger charge is 2.38. The van der Waals surface area contributed by atoms with E-state index in [1.165, 1.54) is 4.90 Å². The first-order valence-electron chi connectivity index (χ1n) is 6.44. The average molecular weight is 402 g/mol. The maximum absolute atomic E-state index is 13.9. The highest BCUT2D eigenvalue weighted by Crippen LogP contribution is 2.39. The summed E-state index contributed by atoms with van der Waals surface area (Å²) < 4.78 is 65.9. The second-order valence-corrected chi connectivity index (χ2v) is 5.26. The molecular weight excluding hydrogens is 386 g/mol. The molecule has 0 aliphatic carbocycles. The van der Waals surface area contributed by atoms with Gasteiger partial charge in [-0.1, -0.05) is 11.6 Å². The number of rotatable bonds is 3. The molecule has 1 aliphatic rings. The van der Waals surface area contributed by atoms with Crippen molar-refractivity contribution in [3.8, 4) is 0 Å². The summed E-state index contributed by atoms with van der Waals surface area (Å²) in [6, 6.07) is 0.293. The Balaban J connectivity index is 0.00000242. The molecule has 23 heavy (non-hydrogen) atoms. The standard InChI is InChI=1S/C13H14ClF5N2.2ClH/c14-12-9(16)2-1-8(15)11(12)10(7-13(17,18)19)21-5-3-20-4-6-21;;/h1-2,10,20H,3-7H2;2*1H/t10-;;/m1../s1. The minimum Gasteiger partial charge on any atom is -0.314 e. The molecule has 2 nitrogen and oxygen atoms in total. The van der Waals surface area contributed by atoms with Crippen molar-refractivity contribution < 1.29 is 22.0 Å². The fraction of sp³-hybridized carbons (Fsp3) is 0.538. The van der Waals surface area contributed by atoms with Gasteiger partial charge in [-0.2, -0.15) is 13.2 Å². The van der Waals surface area contributed by atoms with Gasteiger partial charge in [0.05, 0.1) is 11.4 Å². The lowest BCUT2D eigenvalue weighted by Crippen LogP contribution is -2.46. The van der Waals surface area contributed by atoms with E-state index in [4.69, 9.17) is 11.6 Å². The number of nitrogens with one attached hydrogen (secondary N) is 1. The van der Waals surface area contributed by atoms with Gasteiger partial charge in [0.1, 0.15) is 11.6 Å². The molecule has 1 atom stereocenters. The maximum atomic E-state index is 13.9. The van der Waals surface area contributed by atoms with Crippen molar-refractivity contribution in [2.75, 3.05) is 26.2 Å². The Morgan fingerprint density at radius 1 is 1.09 bits per heavy atom. The molecule has 10 heteroatoms. The van der Waals surface area contributed by atoms with Crippen LogP contribution in [0.25, 0.3) is 0 Å². The van der Waals surface area contributed by atoms with Gasteiger partial charge in [-0.05, 0) is 12.1 Å². The molecule has 0 radical (unpaired) electrons. The number of halogens is 8. The molecule has 134 valence electrons. The van der Waals surface area contributed by atoms with E-state index < -0.39 is 40.9 Å². The fourth-order valence-electron chi connectivity index (χ4n) is 2.47. The lowest BCUT2D eigenvalue weighted by atomic mass is 9.99. The highest BCUT2D eigenvalue weighted by molar-refractivity contribution is 6.31. The number of benzene rings is 1. The van der Waals surface area contributed by atoms with E-state index in [1.807, 2.05) is 0 Å². The van der Waals surface area contributed by atoms with E-state index in [9.17, 15) is 22.0 Å². The summed E-state index contributed by atoms with van der Waals surface area (Å²) in [6.07, 6.45) is -5.77. The van der Waals surface area contributed by atoms with E-state index in [1.54, 1.807) is 0 Å².